The van der Waals surface area contributed by atoms with Crippen molar-refractivity contribution in [2.45, 2.75) is 12.2 Å². The molecule has 22 heavy (non-hydrogen) atoms. The van der Waals surface area contributed by atoms with Gasteiger partial charge in [0.1, 0.15) is 11.9 Å². The average molecular weight is 303 g/mol. The molecule has 118 valence electrons. The summed E-state index contributed by atoms with van der Waals surface area (Å²) >= 11 is 0. The van der Waals surface area contributed by atoms with E-state index < -0.39 is 6.17 Å². The second-order valence-corrected chi connectivity index (χ2v) is 5.07. The van der Waals surface area contributed by atoms with Crippen molar-refractivity contribution in [2.24, 2.45) is 0 Å². The van der Waals surface area contributed by atoms with Crippen LogP contribution in [0, 0.1) is 0 Å². The Bertz CT molecular complexity index is 562. The van der Waals surface area contributed by atoms with Crippen LogP contribution in [0.5, 0.6) is 5.75 Å². The molecule has 0 bridgehead atoms. The minimum absolute atomic E-state index is 0.0324. The predicted molar refractivity (Wildman–Crippen MR) is 85.9 cm³/mol. The van der Waals surface area contributed by atoms with Gasteiger partial charge in [-0.25, -0.2) is 4.39 Å². The zero-order valence-corrected chi connectivity index (χ0v) is 13.0. The molecule has 0 aliphatic rings. The van der Waals surface area contributed by atoms with Crippen LogP contribution < -0.4 is 10.1 Å². The highest BCUT2D eigenvalue weighted by molar-refractivity contribution is 5.30. The van der Waals surface area contributed by atoms with Crippen LogP contribution in [0.1, 0.15) is 23.3 Å². The summed E-state index contributed by atoms with van der Waals surface area (Å²) in [4.78, 5) is 0. The van der Waals surface area contributed by atoms with Crippen LogP contribution in [0.2, 0.25) is 0 Å². The molecule has 1 N–H and O–H groups in total. The van der Waals surface area contributed by atoms with Gasteiger partial charge < -0.3 is 14.8 Å². The van der Waals surface area contributed by atoms with Gasteiger partial charge in [0.2, 0.25) is 0 Å². The Labute approximate surface area is 131 Å². The van der Waals surface area contributed by atoms with E-state index in [1.165, 1.54) is 0 Å². The number of nitrogens with one attached hydrogen (secondary N) is 1. The lowest BCUT2D eigenvalue weighted by atomic mass is 10.1. The first-order valence-corrected chi connectivity index (χ1v) is 7.30. The SMILES string of the molecule is COC[C@H](NC[C@H](F)c1cccc(OC)c1)c1ccccc1. The van der Waals surface area contributed by atoms with Gasteiger partial charge in [0.25, 0.3) is 0 Å². The van der Waals surface area contributed by atoms with Crippen LogP contribution in [0.3, 0.4) is 0 Å². The van der Waals surface area contributed by atoms with Crippen LogP contribution in [-0.4, -0.2) is 27.4 Å². The standard InChI is InChI=1S/C18H22FNO2/c1-21-13-18(14-7-4-3-5-8-14)20-12-17(19)15-9-6-10-16(11-15)22-2/h3-11,17-18,20H,12-13H2,1-2H3/t17-,18-/m0/s1. The molecule has 3 nitrogen and oxygen atoms in total. The minimum atomic E-state index is -1.10. The molecule has 0 unspecified atom stereocenters. The maximum Gasteiger partial charge on any atom is 0.138 e. The molecule has 0 heterocycles. The fourth-order valence-electron chi connectivity index (χ4n) is 2.32. The molecule has 0 spiro atoms. The van der Waals surface area contributed by atoms with E-state index in [4.69, 9.17) is 9.47 Å². The van der Waals surface area contributed by atoms with Crippen LogP contribution in [0.4, 0.5) is 4.39 Å². The van der Waals surface area contributed by atoms with E-state index in [0.717, 1.165) is 5.56 Å². The summed E-state index contributed by atoms with van der Waals surface area (Å²) in [6.45, 7) is 0.713. The Balaban J connectivity index is 1.99. The van der Waals surface area contributed by atoms with Gasteiger partial charge in [0.15, 0.2) is 0 Å². The molecule has 0 fully saturated rings. The van der Waals surface area contributed by atoms with Crippen LogP contribution in [0.15, 0.2) is 54.6 Å². The largest absolute Gasteiger partial charge is 0.497 e. The average Bonchev–Trinajstić information content (AvgIpc) is 2.59. The van der Waals surface area contributed by atoms with E-state index in [1.54, 1.807) is 38.5 Å². The summed E-state index contributed by atoms with van der Waals surface area (Å²) < 4.78 is 24.8. The summed E-state index contributed by atoms with van der Waals surface area (Å²) in [5.74, 6) is 0.664. The van der Waals surface area contributed by atoms with Gasteiger partial charge >= 0.3 is 0 Å². The topological polar surface area (TPSA) is 30.5 Å². The van der Waals surface area contributed by atoms with Gasteiger partial charge in [0.05, 0.1) is 19.8 Å². The number of halogens is 1. The zero-order chi connectivity index (χ0) is 15.8. The molecular weight excluding hydrogens is 281 g/mol. The summed E-state index contributed by atoms with van der Waals surface area (Å²) in [6.07, 6.45) is -1.10. The van der Waals surface area contributed by atoms with E-state index >= 15 is 0 Å². The Morgan fingerprint density at radius 3 is 2.41 bits per heavy atom. The molecule has 2 rings (SSSR count). The van der Waals surface area contributed by atoms with Gasteiger partial charge in [-0.3, -0.25) is 0 Å². The Morgan fingerprint density at radius 1 is 1.00 bits per heavy atom. The first-order valence-electron chi connectivity index (χ1n) is 7.30. The van der Waals surface area contributed by atoms with Gasteiger partial charge in [0, 0.05) is 13.7 Å². The molecule has 0 aromatic heterocycles. The second-order valence-electron chi connectivity index (χ2n) is 5.07. The summed E-state index contributed by atoms with van der Waals surface area (Å²) in [7, 11) is 3.22. The minimum Gasteiger partial charge on any atom is -0.497 e. The number of rotatable bonds is 8. The van der Waals surface area contributed by atoms with Crippen LogP contribution >= 0.6 is 0 Å². The molecule has 2 aromatic rings. The zero-order valence-electron chi connectivity index (χ0n) is 13.0. The molecular formula is C18H22FNO2. The van der Waals surface area contributed by atoms with Crippen LogP contribution in [-0.2, 0) is 4.74 Å². The van der Waals surface area contributed by atoms with E-state index in [-0.39, 0.29) is 12.6 Å². The van der Waals surface area contributed by atoms with Gasteiger partial charge in [-0.05, 0) is 23.3 Å². The molecule has 0 saturated carbocycles. The fraction of sp³-hybridized carbons (Fsp3) is 0.333. The molecule has 4 heteroatoms. The van der Waals surface area contributed by atoms with Gasteiger partial charge in [-0.2, -0.15) is 0 Å². The van der Waals surface area contributed by atoms with Crippen molar-refractivity contribution in [1.82, 2.24) is 5.32 Å². The molecule has 0 amide bonds. The molecule has 0 aliphatic heterocycles. The Hall–Kier alpha value is -1.91. The Kier molecular flexibility index (Phi) is 6.37. The number of ether oxygens (including phenoxy) is 2. The quantitative estimate of drug-likeness (QED) is 0.807. The van der Waals surface area contributed by atoms with Gasteiger partial charge in [-0.15, -0.1) is 0 Å². The summed E-state index contributed by atoms with van der Waals surface area (Å²) in [6, 6.07) is 17.0. The lowest BCUT2D eigenvalue weighted by Crippen LogP contribution is -2.28. The Morgan fingerprint density at radius 2 is 1.73 bits per heavy atom. The molecule has 0 radical (unpaired) electrons. The highest BCUT2D eigenvalue weighted by Crippen LogP contribution is 2.22. The number of hydrogen-bond acceptors (Lipinski definition) is 3. The van der Waals surface area contributed by atoms with E-state index in [0.29, 0.717) is 17.9 Å². The molecule has 2 atom stereocenters. The number of methoxy groups -OCH3 is 2. The molecule has 0 saturated heterocycles. The van der Waals surface area contributed by atoms with Crippen molar-refractivity contribution in [3.05, 3.63) is 65.7 Å². The normalized spacial score (nSPS) is 13.6. The number of hydrogen-bond donors (Lipinski definition) is 1. The first-order chi connectivity index (χ1) is 10.7. The third-order valence-corrected chi connectivity index (χ3v) is 3.53. The highest BCUT2D eigenvalue weighted by Gasteiger charge is 2.15. The van der Waals surface area contributed by atoms with Gasteiger partial charge in [-0.1, -0.05) is 42.5 Å². The van der Waals surface area contributed by atoms with Crippen molar-refractivity contribution >= 4 is 0 Å². The molecule has 2 aromatic carbocycles. The van der Waals surface area contributed by atoms with Crippen molar-refractivity contribution in [3.8, 4) is 5.75 Å². The first kappa shape index (κ1) is 16.5. The van der Waals surface area contributed by atoms with Crippen molar-refractivity contribution in [3.63, 3.8) is 0 Å². The summed E-state index contributed by atoms with van der Waals surface area (Å²) in [5, 5.41) is 3.23. The van der Waals surface area contributed by atoms with Crippen molar-refractivity contribution < 1.29 is 13.9 Å². The fourth-order valence-corrected chi connectivity index (χ4v) is 2.32. The third kappa shape index (κ3) is 4.55. The smallest absolute Gasteiger partial charge is 0.138 e. The number of benzene rings is 2. The maximum absolute atomic E-state index is 14.4. The molecule has 0 aliphatic carbocycles. The second kappa shape index (κ2) is 8.51. The lowest BCUT2D eigenvalue weighted by molar-refractivity contribution is 0.161. The number of alkyl halides is 1. The predicted octanol–water partition coefficient (Wildman–Crippen LogP) is 3.68. The monoisotopic (exact) mass is 303 g/mol. The van der Waals surface area contributed by atoms with Crippen molar-refractivity contribution in [1.29, 1.82) is 0 Å². The highest BCUT2D eigenvalue weighted by atomic mass is 19.1. The van der Waals surface area contributed by atoms with Crippen LogP contribution in [0.25, 0.3) is 0 Å². The maximum atomic E-state index is 14.4. The lowest BCUT2D eigenvalue weighted by Gasteiger charge is -2.20. The third-order valence-electron chi connectivity index (χ3n) is 3.53. The van der Waals surface area contributed by atoms with E-state index in [1.807, 2.05) is 30.3 Å². The van der Waals surface area contributed by atoms with E-state index in [2.05, 4.69) is 5.32 Å². The van der Waals surface area contributed by atoms with Crippen molar-refractivity contribution in [2.75, 3.05) is 27.4 Å². The summed E-state index contributed by atoms with van der Waals surface area (Å²) in [5.41, 5.74) is 1.69. The van der Waals surface area contributed by atoms with E-state index in [9.17, 15) is 4.39 Å².